The summed E-state index contributed by atoms with van der Waals surface area (Å²) >= 11 is 14.0. The number of halogens is 2. The normalized spacial score (nSPS) is 17.3. The maximum Gasteiger partial charge on any atom is 0.142 e. The van der Waals surface area contributed by atoms with Gasteiger partial charge < -0.3 is 5.32 Å². The SMILES string of the molecule is C[C@@H]1CCc2c(sc3ncnc(Nc4cc(Cl)cc(Cl)c4)c23)C1. The van der Waals surface area contributed by atoms with E-state index >= 15 is 0 Å². The molecule has 1 aliphatic rings. The molecule has 0 saturated heterocycles. The molecular formula is C17H15Cl2N3S. The molecule has 0 aliphatic heterocycles. The first-order valence-electron chi connectivity index (χ1n) is 7.58. The van der Waals surface area contributed by atoms with E-state index in [0.717, 1.165) is 40.5 Å². The van der Waals surface area contributed by atoms with Gasteiger partial charge in [-0.25, -0.2) is 9.97 Å². The summed E-state index contributed by atoms with van der Waals surface area (Å²) in [7, 11) is 0. The summed E-state index contributed by atoms with van der Waals surface area (Å²) in [5, 5.41) is 5.72. The molecule has 1 N–H and O–H groups in total. The Balaban J connectivity index is 1.81. The Bertz CT molecular complexity index is 871. The molecule has 2 heterocycles. The smallest absolute Gasteiger partial charge is 0.142 e. The highest BCUT2D eigenvalue weighted by Crippen LogP contribution is 2.40. The lowest BCUT2D eigenvalue weighted by molar-refractivity contribution is 0.509. The zero-order chi connectivity index (χ0) is 16.0. The Labute approximate surface area is 148 Å². The number of thiophene rings is 1. The van der Waals surface area contributed by atoms with E-state index in [2.05, 4.69) is 22.2 Å². The molecule has 0 fully saturated rings. The van der Waals surface area contributed by atoms with Crippen LogP contribution in [-0.2, 0) is 12.8 Å². The first-order chi connectivity index (χ1) is 11.1. The third-order valence-electron chi connectivity index (χ3n) is 4.22. The summed E-state index contributed by atoms with van der Waals surface area (Å²) in [6, 6.07) is 5.42. The van der Waals surface area contributed by atoms with Crippen LogP contribution in [-0.4, -0.2) is 9.97 Å². The second-order valence-electron chi connectivity index (χ2n) is 6.04. The van der Waals surface area contributed by atoms with Crippen molar-refractivity contribution in [3.05, 3.63) is 45.0 Å². The van der Waals surface area contributed by atoms with E-state index < -0.39 is 0 Å². The minimum Gasteiger partial charge on any atom is -0.339 e. The Morgan fingerprint density at radius 3 is 2.74 bits per heavy atom. The van der Waals surface area contributed by atoms with Gasteiger partial charge in [0.2, 0.25) is 0 Å². The van der Waals surface area contributed by atoms with Crippen molar-refractivity contribution >= 4 is 56.3 Å². The van der Waals surface area contributed by atoms with Gasteiger partial charge in [0, 0.05) is 20.6 Å². The predicted molar refractivity (Wildman–Crippen MR) is 98.3 cm³/mol. The van der Waals surface area contributed by atoms with Crippen molar-refractivity contribution in [2.45, 2.75) is 26.2 Å². The highest BCUT2D eigenvalue weighted by Gasteiger charge is 2.23. The number of aryl methyl sites for hydroxylation is 1. The van der Waals surface area contributed by atoms with Crippen LogP contribution < -0.4 is 5.32 Å². The number of nitrogens with one attached hydrogen (secondary N) is 1. The third kappa shape index (κ3) is 2.91. The molecule has 1 aromatic carbocycles. The van der Waals surface area contributed by atoms with Crippen molar-refractivity contribution in [2.75, 3.05) is 5.32 Å². The number of hydrogen-bond acceptors (Lipinski definition) is 4. The Morgan fingerprint density at radius 1 is 1.17 bits per heavy atom. The Hall–Kier alpha value is -1.36. The van der Waals surface area contributed by atoms with Crippen LogP contribution in [0.2, 0.25) is 10.0 Å². The fourth-order valence-electron chi connectivity index (χ4n) is 3.13. The van der Waals surface area contributed by atoms with E-state index in [0.29, 0.717) is 10.0 Å². The van der Waals surface area contributed by atoms with Gasteiger partial charge >= 0.3 is 0 Å². The average Bonchev–Trinajstić information content (AvgIpc) is 2.84. The summed E-state index contributed by atoms with van der Waals surface area (Å²) < 4.78 is 0. The summed E-state index contributed by atoms with van der Waals surface area (Å²) in [6.07, 6.45) is 5.06. The molecule has 23 heavy (non-hydrogen) atoms. The van der Waals surface area contributed by atoms with Gasteiger partial charge in [-0.15, -0.1) is 11.3 Å². The van der Waals surface area contributed by atoms with Gasteiger partial charge in [-0.3, -0.25) is 0 Å². The number of benzene rings is 1. The maximum atomic E-state index is 6.09. The maximum absolute atomic E-state index is 6.09. The summed E-state index contributed by atoms with van der Waals surface area (Å²) in [5.41, 5.74) is 2.24. The molecule has 3 nitrogen and oxygen atoms in total. The number of fused-ring (bicyclic) bond motifs is 3. The van der Waals surface area contributed by atoms with Crippen LogP contribution in [0.1, 0.15) is 23.8 Å². The molecule has 0 spiro atoms. The molecule has 3 aromatic rings. The third-order valence-corrected chi connectivity index (χ3v) is 5.82. The molecule has 6 heteroatoms. The number of rotatable bonds is 2. The fraction of sp³-hybridized carbons (Fsp3) is 0.294. The largest absolute Gasteiger partial charge is 0.339 e. The first-order valence-corrected chi connectivity index (χ1v) is 9.16. The Kier molecular flexibility index (Phi) is 3.92. The minimum atomic E-state index is 0.603. The quantitative estimate of drug-likeness (QED) is 0.618. The number of nitrogens with zero attached hydrogens (tertiary/aromatic N) is 2. The minimum absolute atomic E-state index is 0.603. The van der Waals surface area contributed by atoms with Gasteiger partial charge in [0.15, 0.2) is 0 Å². The van der Waals surface area contributed by atoms with E-state index in [9.17, 15) is 0 Å². The molecule has 2 aromatic heterocycles. The topological polar surface area (TPSA) is 37.8 Å². The standard InChI is InChI=1S/C17H15Cl2N3S/c1-9-2-3-13-14(4-9)23-17-15(13)16(20-8-21-17)22-12-6-10(18)5-11(19)7-12/h5-9H,2-4H2,1H3,(H,20,21,22)/t9-/m1/s1. The van der Waals surface area contributed by atoms with Crippen LogP contribution in [0, 0.1) is 5.92 Å². The van der Waals surface area contributed by atoms with Crippen LogP contribution in [0.4, 0.5) is 11.5 Å². The van der Waals surface area contributed by atoms with Crippen molar-refractivity contribution in [1.82, 2.24) is 9.97 Å². The van der Waals surface area contributed by atoms with Crippen LogP contribution in [0.15, 0.2) is 24.5 Å². The fourth-order valence-corrected chi connectivity index (χ4v) is 5.01. The van der Waals surface area contributed by atoms with Gasteiger partial charge in [-0.05, 0) is 48.9 Å². The second kappa shape index (κ2) is 5.93. The van der Waals surface area contributed by atoms with Crippen molar-refractivity contribution in [1.29, 1.82) is 0 Å². The molecule has 1 atom stereocenters. The second-order valence-corrected chi connectivity index (χ2v) is 7.99. The van der Waals surface area contributed by atoms with Gasteiger partial charge in [0.05, 0.1) is 5.39 Å². The van der Waals surface area contributed by atoms with Crippen LogP contribution in [0.5, 0.6) is 0 Å². The number of anilines is 2. The van der Waals surface area contributed by atoms with Crippen LogP contribution >= 0.6 is 34.5 Å². The summed E-state index contributed by atoms with van der Waals surface area (Å²) in [6.45, 7) is 2.31. The zero-order valence-electron chi connectivity index (χ0n) is 12.6. The van der Waals surface area contributed by atoms with Crippen molar-refractivity contribution in [3.8, 4) is 0 Å². The lowest BCUT2D eigenvalue weighted by Crippen LogP contribution is -2.09. The lowest BCUT2D eigenvalue weighted by atomic mass is 9.89. The van der Waals surface area contributed by atoms with Crippen molar-refractivity contribution in [3.63, 3.8) is 0 Å². The van der Waals surface area contributed by atoms with Gasteiger partial charge in [0.25, 0.3) is 0 Å². The molecule has 0 amide bonds. The summed E-state index contributed by atoms with van der Waals surface area (Å²) in [4.78, 5) is 11.4. The number of hydrogen-bond donors (Lipinski definition) is 1. The van der Waals surface area contributed by atoms with Gasteiger partial charge in [-0.2, -0.15) is 0 Å². The van der Waals surface area contributed by atoms with Crippen molar-refractivity contribution < 1.29 is 0 Å². The van der Waals surface area contributed by atoms with E-state index in [4.69, 9.17) is 23.2 Å². The first kappa shape index (κ1) is 15.2. The van der Waals surface area contributed by atoms with Gasteiger partial charge in [0.1, 0.15) is 17.0 Å². The highest BCUT2D eigenvalue weighted by atomic mass is 35.5. The predicted octanol–water partition coefficient (Wildman–Crippen LogP) is 5.87. The average molecular weight is 364 g/mol. The van der Waals surface area contributed by atoms with E-state index in [-0.39, 0.29) is 0 Å². The van der Waals surface area contributed by atoms with Crippen LogP contribution in [0.25, 0.3) is 10.2 Å². The van der Waals surface area contributed by atoms with E-state index in [1.54, 1.807) is 23.7 Å². The molecule has 4 rings (SSSR count). The Morgan fingerprint density at radius 2 is 1.96 bits per heavy atom. The van der Waals surface area contributed by atoms with E-state index in [1.165, 1.54) is 16.9 Å². The highest BCUT2D eigenvalue weighted by molar-refractivity contribution is 7.19. The van der Waals surface area contributed by atoms with Crippen molar-refractivity contribution in [2.24, 2.45) is 5.92 Å². The molecule has 0 unspecified atom stereocenters. The lowest BCUT2D eigenvalue weighted by Gasteiger charge is -2.18. The number of aromatic nitrogens is 2. The molecule has 0 radical (unpaired) electrons. The molecule has 0 saturated carbocycles. The van der Waals surface area contributed by atoms with Crippen LogP contribution in [0.3, 0.4) is 0 Å². The monoisotopic (exact) mass is 363 g/mol. The molecular weight excluding hydrogens is 349 g/mol. The zero-order valence-corrected chi connectivity index (χ0v) is 14.9. The van der Waals surface area contributed by atoms with E-state index in [1.807, 2.05) is 12.1 Å². The molecule has 1 aliphatic carbocycles. The molecule has 0 bridgehead atoms. The molecule has 118 valence electrons. The summed E-state index contributed by atoms with van der Waals surface area (Å²) in [5.74, 6) is 1.58. The van der Waals surface area contributed by atoms with Gasteiger partial charge in [-0.1, -0.05) is 30.1 Å².